The maximum Gasteiger partial charge on any atom is 0.309 e. The van der Waals surface area contributed by atoms with E-state index in [1.165, 1.54) is 18.1 Å². The van der Waals surface area contributed by atoms with E-state index in [2.05, 4.69) is 65.9 Å². The third-order valence-electron chi connectivity index (χ3n) is 16.3. The summed E-state index contributed by atoms with van der Waals surface area (Å²) in [6.07, 6.45) is 7.29. The number of carbonyl (C=O) groups excluding carboxylic acids is 3. The minimum Gasteiger partial charge on any atom is -0.481 e. The predicted molar refractivity (Wildman–Crippen MR) is 209 cm³/mol. The summed E-state index contributed by atoms with van der Waals surface area (Å²) in [6.45, 7) is 22.3. The number of allylic oxidation sites excluding steroid dienone is 1. The van der Waals surface area contributed by atoms with Crippen LogP contribution in [0.5, 0.6) is 0 Å². The molecule has 54 heavy (non-hydrogen) atoms. The Hall–Kier alpha value is -3.00. The number of carbonyl (C=O) groups is 4. The molecule has 8 heteroatoms. The van der Waals surface area contributed by atoms with E-state index < -0.39 is 28.9 Å². The number of rotatable bonds is 11. The Morgan fingerprint density at radius 2 is 1.59 bits per heavy atom. The van der Waals surface area contributed by atoms with Crippen LogP contribution in [0.2, 0.25) is 0 Å². The number of aliphatic carboxylic acids is 1. The molecule has 0 amide bonds. The first-order chi connectivity index (χ1) is 25.1. The predicted octanol–water partition coefficient (Wildman–Crippen LogP) is 9.10. The first-order valence-electron chi connectivity index (χ1n) is 20.8. The zero-order valence-corrected chi connectivity index (χ0v) is 34.7. The van der Waals surface area contributed by atoms with E-state index in [1.807, 2.05) is 18.2 Å². The van der Waals surface area contributed by atoms with Crippen LogP contribution >= 0.6 is 0 Å². The summed E-state index contributed by atoms with van der Waals surface area (Å²) in [5.41, 5.74) is 1.55. The highest BCUT2D eigenvalue weighted by Crippen LogP contribution is 2.77. The molecule has 0 aliphatic heterocycles. The van der Waals surface area contributed by atoms with Crippen molar-refractivity contribution < 1.29 is 33.8 Å². The number of esters is 2. The van der Waals surface area contributed by atoms with Crippen LogP contribution in [-0.2, 0) is 35.2 Å². The van der Waals surface area contributed by atoms with Crippen molar-refractivity contribution in [1.82, 2.24) is 5.32 Å². The lowest BCUT2D eigenvalue weighted by atomic mass is 9.33. The number of carboxylic acids is 1. The number of benzene rings is 1. The molecular formula is C46H67NO7. The van der Waals surface area contributed by atoms with Gasteiger partial charge in [0.2, 0.25) is 0 Å². The van der Waals surface area contributed by atoms with Crippen molar-refractivity contribution in [3.63, 3.8) is 0 Å². The SMILES string of the molecule is CC(=O)O[C@@H](CNCc1ccccc1)[C@@]12CC[C@]3(C)[C@H](CC[C@@H]4[C@@]5(C)CC[C@H](OC(=O)CC(C)(C)C(=O)O)C(C)(C)C5CC[C@]43C)C1=C(C(C)C)C(=O)C2. The van der Waals surface area contributed by atoms with Gasteiger partial charge in [-0.1, -0.05) is 78.8 Å². The molecule has 2 N–H and O–H groups in total. The molecule has 9 atom stereocenters. The largest absolute Gasteiger partial charge is 0.481 e. The Morgan fingerprint density at radius 1 is 0.907 bits per heavy atom. The monoisotopic (exact) mass is 745 g/mol. The number of carboxylic acid groups (broad SMARTS) is 1. The van der Waals surface area contributed by atoms with Crippen LogP contribution in [-0.4, -0.2) is 47.6 Å². The number of hydrogen-bond donors (Lipinski definition) is 2. The number of nitrogens with one attached hydrogen (secondary N) is 1. The minimum atomic E-state index is -1.17. The zero-order chi connectivity index (χ0) is 39.6. The first-order valence-corrected chi connectivity index (χ1v) is 20.8. The number of ether oxygens (including phenoxy) is 2. The maximum atomic E-state index is 14.3. The second kappa shape index (κ2) is 14.2. The summed E-state index contributed by atoms with van der Waals surface area (Å²) in [5, 5.41) is 13.2. The van der Waals surface area contributed by atoms with Crippen molar-refractivity contribution in [3.8, 4) is 0 Å². The third-order valence-corrected chi connectivity index (χ3v) is 16.3. The smallest absolute Gasteiger partial charge is 0.309 e. The highest BCUT2D eigenvalue weighted by atomic mass is 16.5. The van der Waals surface area contributed by atoms with E-state index in [4.69, 9.17) is 9.47 Å². The Bertz CT molecular complexity index is 1680. The van der Waals surface area contributed by atoms with Gasteiger partial charge in [-0.25, -0.2) is 0 Å². The van der Waals surface area contributed by atoms with Gasteiger partial charge in [-0.2, -0.15) is 0 Å². The summed E-state index contributed by atoms with van der Waals surface area (Å²) < 4.78 is 12.5. The van der Waals surface area contributed by atoms with Gasteiger partial charge >= 0.3 is 17.9 Å². The van der Waals surface area contributed by atoms with Crippen molar-refractivity contribution in [2.24, 2.45) is 56.2 Å². The lowest BCUT2D eigenvalue weighted by Crippen LogP contribution is -2.66. The highest BCUT2D eigenvalue weighted by Gasteiger charge is 2.71. The van der Waals surface area contributed by atoms with Crippen molar-refractivity contribution in [3.05, 3.63) is 47.0 Å². The molecule has 6 rings (SSSR count). The fourth-order valence-electron chi connectivity index (χ4n) is 13.4. The molecule has 1 aromatic rings. The molecule has 1 aromatic carbocycles. The molecule has 0 spiro atoms. The molecule has 4 saturated carbocycles. The van der Waals surface area contributed by atoms with E-state index in [0.717, 1.165) is 56.9 Å². The molecule has 4 fully saturated rings. The third kappa shape index (κ3) is 6.48. The molecule has 8 nitrogen and oxygen atoms in total. The Labute approximate surface area is 324 Å². The topological polar surface area (TPSA) is 119 Å². The van der Waals surface area contributed by atoms with Crippen LogP contribution < -0.4 is 5.32 Å². The van der Waals surface area contributed by atoms with Crippen molar-refractivity contribution in [1.29, 1.82) is 0 Å². The molecule has 0 bridgehead atoms. The first kappa shape index (κ1) is 40.7. The second-order valence-electron chi connectivity index (χ2n) is 20.3. The lowest BCUT2D eigenvalue weighted by Gasteiger charge is -2.72. The lowest BCUT2D eigenvalue weighted by molar-refractivity contribution is -0.235. The minimum absolute atomic E-state index is 0.0294. The van der Waals surface area contributed by atoms with Gasteiger partial charge in [0.15, 0.2) is 5.78 Å². The van der Waals surface area contributed by atoms with Gasteiger partial charge in [0, 0.05) is 37.3 Å². The fraction of sp³-hybridized carbons (Fsp3) is 0.739. The summed E-state index contributed by atoms with van der Waals surface area (Å²) in [4.78, 5) is 51.9. The summed E-state index contributed by atoms with van der Waals surface area (Å²) >= 11 is 0. The fourth-order valence-corrected chi connectivity index (χ4v) is 13.4. The van der Waals surface area contributed by atoms with E-state index >= 15 is 0 Å². The molecule has 1 unspecified atom stereocenters. The number of Topliss-reactive ketones (excluding diaryl/α,β-unsaturated/α-hetero) is 1. The van der Waals surface area contributed by atoms with Gasteiger partial charge in [0.1, 0.15) is 12.2 Å². The molecule has 0 radical (unpaired) electrons. The van der Waals surface area contributed by atoms with Crippen LogP contribution in [0.15, 0.2) is 41.5 Å². The molecule has 5 aliphatic rings. The highest BCUT2D eigenvalue weighted by molar-refractivity contribution is 6.01. The molecule has 298 valence electrons. The quantitative estimate of drug-likeness (QED) is 0.216. The number of fused-ring (bicyclic) bond motifs is 7. The maximum absolute atomic E-state index is 14.3. The van der Waals surface area contributed by atoms with Crippen LogP contribution in [0.3, 0.4) is 0 Å². The summed E-state index contributed by atoms with van der Waals surface area (Å²) in [5.74, 6) is -0.350. The Kier molecular flexibility index (Phi) is 10.7. The van der Waals surface area contributed by atoms with E-state index in [0.29, 0.717) is 31.3 Å². The van der Waals surface area contributed by atoms with Crippen molar-refractivity contribution in [2.45, 2.75) is 152 Å². The van der Waals surface area contributed by atoms with E-state index in [-0.39, 0.29) is 57.8 Å². The Balaban J connectivity index is 1.30. The van der Waals surface area contributed by atoms with Crippen LogP contribution in [0.25, 0.3) is 0 Å². The summed E-state index contributed by atoms with van der Waals surface area (Å²) in [6, 6.07) is 10.3. The van der Waals surface area contributed by atoms with Gasteiger partial charge in [-0.3, -0.25) is 19.2 Å². The van der Waals surface area contributed by atoms with Crippen molar-refractivity contribution >= 4 is 23.7 Å². The molecular weight excluding hydrogens is 679 g/mol. The standard InChI is InChI=1S/C46H67NO7/c1-28(2)38-32(49)24-46(36(53-29(3)48)27-47-26-30-14-12-11-13-15-30)23-22-44(9)31(39(38)46)16-17-34-43(8)20-19-35(54-37(50)25-41(4,5)40(51)52)42(6,7)33(43)18-21-45(34,44)10/h11-15,28,31,33-36,47H,16-27H2,1-10H3,(H,51,52)/t31-,33?,34-,35+,36+,43+,44-,45-,46+/m1/s1. The molecule has 0 heterocycles. The van der Waals surface area contributed by atoms with Crippen LogP contribution in [0, 0.1) is 56.2 Å². The second-order valence-corrected chi connectivity index (χ2v) is 20.3. The van der Waals surface area contributed by atoms with E-state index in [9.17, 15) is 24.3 Å². The average molecular weight is 746 g/mol. The van der Waals surface area contributed by atoms with Crippen LogP contribution in [0.4, 0.5) is 0 Å². The van der Waals surface area contributed by atoms with Gasteiger partial charge in [0.05, 0.1) is 11.8 Å². The molecule has 0 saturated heterocycles. The molecule has 5 aliphatic carbocycles. The normalized spacial score (nSPS) is 36.4. The van der Waals surface area contributed by atoms with E-state index in [1.54, 1.807) is 13.8 Å². The molecule has 0 aromatic heterocycles. The zero-order valence-electron chi connectivity index (χ0n) is 34.7. The number of ketones is 1. The average Bonchev–Trinajstić information content (AvgIpc) is 3.39. The van der Waals surface area contributed by atoms with Gasteiger partial charge < -0.3 is 19.9 Å². The Morgan fingerprint density at radius 3 is 2.22 bits per heavy atom. The van der Waals surface area contributed by atoms with Gasteiger partial charge in [-0.15, -0.1) is 0 Å². The van der Waals surface area contributed by atoms with Crippen LogP contribution in [0.1, 0.15) is 139 Å². The van der Waals surface area contributed by atoms with Crippen molar-refractivity contribution in [2.75, 3.05) is 6.54 Å². The summed E-state index contributed by atoms with van der Waals surface area (Å²) in [7, 11) is 0. The number of hydrogen-bond acceptors (Lipinski definition) is 7. The van der Waals surface area contributed by atoms with Gasteiger partial charge in [-0.05, 0) is 122 Å². The van der Waals surface area contributed by atoms with Gasteiger partial charge in [0.25, 0.3) is 0 Å².